The molecule has 0 rings (SSSR count). The van der Waals surface area contributed by atoms with Gasteiger partial charge in [-0.1, -0.05) is 0 Å². The van der Waals surface area contributed by atoms with Crippen LogP contribution in [0, 0.1) is 0 Å². The topological polar surface area (TPSA) is 189 Å². The van der Waals surface area contributed by atoms with Crippen molar-refractivity contribution in [3.63, 3.8) is 0 Å². The molecule has 0 bridgehead atoms. The third kappa shape index (κ3) is 579. The van der Waals surface area contributed by atoms with Crippen LogP contribution in [0.4, 0.5) is 0 Å². The average Bonchev–Trinajstić information content (AvgIpc) is 0. The SMILES string of the molecule is Cl.Cl.O.O.O.O.O.O.[Co]. The molecule has 0 aromatic heterocycles. The third-order valence-electron chi connectivity index (χ3n) is 0. The van der Waals surface area contributed by atoms with E-state index in [9.17, 15) is 0 Å². The summed E-state index contributed by atoms with van der Waals surface area (Å²) in [5, 5.41) is 0. The van der Waals surface area contributed by atoms with Crippen LogP contribution in [0.1, 0.15) is 0 Å². The first-order valence-corrected chi connectivity index (χ1v) is 0. The van der Waals surface area contributed by atoms with E-state index in [0.29, 0.717) is 0 Å². The zero-order valence-electron chi connectivity index (χ0n) is 4.15. The Morgan fingerprint density at radius 1 is 0.333 bits per heavy atom. The van der Waals surface area contributed by atoms with Crippen molar-refractivity contribution in [1.29, 1.82) is 0 Å². The molecule has 0 spiro atoms. The summed E-state index contributed by atoms with van der Waals surface area (Å²) in [6, 6.07) is 0. The maximum atomic E-state index is 0. The van der Waals surface area contributed by atoms with Gasteiger partial charge in [0, 0.05) is 16.8 Å². The van der Waals surface area contributed by atoms with E-state index < -0.39 is 0 Å². The molecule has 9 heavy (non-hydrogen) atoms. The van der Waals surface area contributed by atoms with Crippen molar-refractivity contribution in [2.24, 2.45) is 0 Å². The standard InChI is InChI=1S/2ClH.Co.6H2O/h2*1H;;6*1H2. The van der Waals surface area contributed by atoms with Crippen molar-refractivity contribution in [3.8, 4) is 0 Å². The second kappa shape index (κ2) is 760. The van der Waals surface area contributed by atoms with E-state index in [1.807, 2.05) is 0 Å². The van der Waals surface area contributed by atoms with Gasteiger partial charge in [0.05, 0.1) is 0 Å². The molecule has 0 saturated carbocycles. The zero-order valence-corrected chi connectivity index (χ0v) is 6.82. The molecule has 0 aromatic rings. The minimum atomic E-state index is 0. The number of rotatable bonds is 0. The monoisotopic (exact) mass is 239 g/mol. The van der Waals surface area contributed by atoms with E-state index >= 15 is 0 Å². The fraction of sp³-hybridized carbons (Fsp3) is 0. The molecular weight excluding hydrogens is 226 g/mol. The number of hydrogen-bond acceptors (Lipinski definition) is 0. The van der Waals surface area contributed by atoms with E-state index in [0.717, 1.165) is 0 Å². The second-order valence-corrected chi connectivity index (χ2v) is 0. The Bertz CT molecular complexity index is 11.0. The molecule has 0 aliphatic rings. The molecular formula is H14Cl2CoO6. The van der Waals surface area contributed by atoms with Crippen LogP contribution in [-0.4, -0.2) is 32.9 Å². The molecule has 0 heterocycles. The molecule has 73 valence electrons. The molecule has 0 saturated heterocycles. The summed E-state index contributed by atoms with van der Waals surface area (Å²) >= 11 is 0. The Morgan fingerprint density at radius 2 is 0.333 bits per heavy atom. The van der Waals surface area contributed by atoms with Gasteiger partial charge in [-0.2, -0.15) is 0 Å². The quantitative estimate of drug-likeness (QED) is 0.397. The van der Waals surface area contributed by atoms with Crippen LogP contribution in [0.25, 0.3) is 0 Å². The van der Waals surface area contributed by atoms with Crippen LogP contribution < -0.4 is 0 Å². The summed E-state index contributed by atoms with van der Waals surface area (Å²) in [5.41, 5.74) is 0. The second-order valence-electron chi connectivity index (χ2n) is 0. The summed E-state index contributed by atoms with van der Waals surface area (Å²) in [6.45, 7) is 0. The minimum absolute atomic E-state index is 0. The van der Waals surface area contributed by atoms with Gasteiger partial charge in [0.2, 0.25) is 0 Å². The predicted octanol–water partition coefficient (Wildman–Crippen LogP) is -4.11. The van der Waals surface area contributed by atoms with Crippen LogP contribution in [0.5, 0.6) is 0 Å². The zero-order chi connectivity index (χ0) is 0. The predicted molar refractivity (Wildman–Crippen MR) is 36.2 cm³/mol. The van der Waals surface area contributed by atoms with Gasteiger partial charge in [0.25, 0.3) is 0 Å². The van der Waals surface area contributed by atoms with Crippen molar-refractivity contribution >= 4 is 24.8 Å². The van der Waals surface area contributed by atoms with Crippen molar-refractivity contribution in [2.75, 3.05) is 0 Å². The van der Waals surface area contributed by atoms with E-state index in [2.05, 4.69) is 0 Å². The largest absolute Gasteiger partial charge is 0.412 e. The summed E-state index contributed by atoms with van der Waals surface area (Å²) in [7, 11) is 0. The van der Waals surface area contributed by atoms with Crippen LogP contribution in [0.2, 0.25) is 0 Å². The average molecular weight is 240 g/mol. The van der Waals surface area contributed by atoms with Gasteiger partial charge in [0.15, 0.2) is 0 Å². The van der Waals surface area contributed by atoms with Gasteiger partial charge in [-0.3, -0.25) is 0 Å². The van der Waals surface area contributed by atoms with Gasteiger partial charge in [-0.25, -0.2) is 0 Å². The van der Waals surface area contributed by atoms with Crippen molar-refractivity contribution in [1.82, 2.24) is 0 Å². The van der Waals surface area contributed by atoms with Gasteiger partial charge in [-0.05, 0) is 0 Å². The molecule has 12 N–H and O–H groups in total. The van der Waals surface area contributed by atoms with Crippen molar-refractivity contribution < 1.29 is 49.6 Å². The van der Waals surface area contributed by atoms with E-state index in [-0.39, 0.29) is 74.5 Å². The Morgan fingerprint density at radius 3 is 0.333 bits per heavy atom. The summed E-state index contributed by atoms with van der Waals surface area (Å²) < 4.78 is 0. The minimum Gasteiger partial charge on any atom is -0.412 e. The van der Waals surface area contributed by atoms with E-state index in [4.69, 9.17) is 0 Å². The third-order valence-corrected chi connectivity index (χ3v) is 0. The van der Waals surface area contributed by atoms with Gasteiger partial charge >= 0.3 is 0 Å². The maximum Gasteiger partial charge on any atom is 0 e. The Balaban J connectivity index is 0. The Kier molecular flexibility index (Phi) is 90800. The van der Waals surface area contributed by atoms with Gasteiger partial charge in [-0.15, -0.1) is 24.8 Å². The molecule has 6 nitrogen and oxygen atoms in total. The molecule has 0 aliphatic heterocycles. The molecule has 0 fully saturated rings. The van der Waals surface area contributed by atoms with Crippen LogP contribution in [-0.2, 0) is 16.8 Å². The summed E-state index contributed by atoms with van der Waals surface area (Å²) in [4.78, 5) is 0. The van der Waals surface area contributed by atoms with Crippen LogP contribution in [0.15, 0.2) is 0 Å². The van der Waals surface area contributed by atoms with Crippen molar-refractivity contribution in [2.45, 2.75) is 0 Å². The molecule has 0 amide bonds. The van der Waals surface area contributed by atoms with E-state index in [1.54, 1.807) is 0 Å². The van der Waals surface area contributed by atoms with Crippen LogP contribution in [0.3, 0.4) is 0 Å². The summed E-state index contributed by atoms with van der Waals surface area (Å²) in [5.74, 6) is 0. The molecule has 0 atom stereocenters. The molecule has 0 unspecified atom stereocenters. The smallest absolute Gasteiger partial charge is 0 e. The number of halogens is 2. The fourth-order valence-electron chi connectivity index (χ4n) is 0. The summed E-state index contributed by atoms with van der Waals surface area (Å²) in [6.07, 6.45) is 0. The normalized spacial score (nSPS) is 0. The Hall–Kier alpha value is 0.846. The maximum absolute atomic E-state index is 0. The molecule has 9 heteroatoms. The van der Waals surface area contributed by atoms with Crippen molar-refractivity contribution in [3.05, 3.63) is 0 Å². The first kappa shape index (κ1) is 1080. The van der Waals surface area contributed by atoms with Gasteiger partial charge < -0.3 is 32.9 Å². The first-order valence-electron chi connectivity index (χ1n) is 0. The molecule has 1 radical (unpaired) electrons. The fourth-order valence-corrected chi connectivity index (χ4v) is 0. The first-order chi connectivity index (χ1) is 0. The van der Waals surface area contributed by atoms with Gasteiger partial charge in [0.1, 0.15) is 0 Å². The van der Waals surface area contributed by atoms with E-state index in [1.165, 1.54) is 0 Å². The molecule has 0 aromatic carbocycles. The van der Waals surface area contributed by atoms with Crippen LogP contribution >= 0.6 is 24.8 Å². The molecule has 0 aliphatic carbocycles. The number of hydrogen-bond donors (Lipinski definition) is 0. The Labute approximate surface area is 74.9 Å².